The van der Waals surface area contributed by atoms with Crippen molar-refractivity contribution in [3.63, 3.8) is 0 Å². The van der Waals surface area contributed by atoms with Gasteiger partial charge in [0.25, 0.3) is 5.91 Å². The number of hydrogen-bond donors (Lipinski definition) is 1. The van der Waals surface area contributed by atoms with Gasteiger partial charge in [0, 0.05) is 5.56 Å². The van der Waals surface area contributed by atoms with E-state index in [0.717, 1.165) is 5.92 Å². The number of fused-ring (bicyclic) bond motifs is 1. The molecule has 0 radical (unpaired) electrons. The molecule has 3 aromatic rings. The summed E-state index contributed by atoms with van der Waals surface area (Å²) in [5, 5.41) is 5.36. The number of rotatable bonds is 7. The van der Waals surface area contributed by atoms with Crippen molar-refractivity contribution in [2.75, 3.05) is 6.54 Å². The second-order valence-corrected chi connectivity index (χ2v) is 9.09. The Hall–Kier alpha value is -2.94. The molecule has 1 N–H and O–H groups in total. The number of nitrogens with one attached hydrogen (secondary N) is 1. The molecule has 3 nitrogen and oxygen atoms in total. The van der Waals surface area contributed by atoms with Crippen LogP contribution in [0.4, 0.5) is 0 Å². The van der Waals surface area contributed by atoms with E-state index >= 15 is 0 Å². The number of Topliss-reactive ketones (excluding diaryl/α,β-unsaturated/α-hetero) is 1. The zero-order chi connectivity index (χ0) is 21.8. The number of hydrogen-bond acceptors (Lipinski definition) is 2. The molecule has 1 amide bonds. The Morgan fingerprint density at radius 2 is 1.71 bits per heavy atom. The van der Waals surface area contributed by atoms with Crippen LogP contribution in [0.5, 0.6) is 0 Å². The highest BCUT2D eigenvalue weighted by molar-refractivity contribution is 5.96. The molecule has 0 bridgehead atoms. The lowest BCUT2D eigenvalue weighted by Crippen LogP contribution is -2.28. The quantitative estimate of drug-likeness (QED) is 0.499. The van der Waals surface area contributed by atoms with Gasteiger partial charge in [-0.15, -0.1) is 0 Å². The first kappa shape index (κ1) is 21.3. The maximum atomic E-state index is 12.1. The van der Waals surface area contributed by atoms with Crippen molar-refractivity contribution < 1.29 is 9.59 Å². The average molecular weight is 414 g/mol. The van der Waals surface area contributed by atoms with Crippen LogP contribution >= 0.6 is 0 Å². The monoisotopic (exact) mass is 413 g/mol. The van der Waals surface area contributed by atoms with Gasteiger partial charge in [0.2, 0.25) is 0 Å². The minimum atomic E-state index is -0.185. The fraction of sp³-hybridized carbons (Fsp3) is 0.357. The number of benzene rings is 3. The molecule has 3 aromatic carbocycles. The molecule has 0 aromatic heterocycles. The summed E-state index contributed by atoms with van der Waals surface area (Å²) in [7, 11) is 0. The van der Waals surface area contributed by atoms with E-state index in [4.69, 9.17) is 0 Å². The molecule has 0 heterocycles. The summed E-state index contributed by atoms with van der Waals surface area (Å²) in [4.78, 5) is 23.2. The number of amides is 1. The molecule has 0 saturated heterocycles. The summed E-state index contributed by atoms with van der Waals surface area (Å²) in [6.45, 7) is 3.92. The van der Waals surface area contributed by atoms with Gasteiger partial charge in [-0.1, -0.05) is 61.5 Å². The average Bonchev–Trinajstić information content (AvgIpc) is 3.25. The van der Waals surface area contributed by atoms with Crippen molar-refractivity contribution in [3.8, 4) is 0 Å². The number of carbonyl (C=O) groups excluding carboxylic acids is 2. The Morgan fingerprint density at radius 3 is 2.48 bits per heavy atom. The van der Waals surface area contributed by atoms with E-state index in [2.05, 4.69) is 66.8 Å². The summed E-state index contributed by atoms with van der Waals surface area (Å²) in [6, 6.07) is 23.3. The third-order valence-corrected chi connectivity index (χ3v) is 6.72. The molecule has 160 valence electrons. The summed E-state index contributed by atoms with van der Waals surface area (Å²) in [5.41, 5.74) is 3.40. The minimum Gasteiger partial charge on any atom is -0.345 e. The SMILES string of the molecule is CC(=O)CNC(=O)c1ccc([C@@H]2CC[C@H](C[C@H](C)c3cccc4ccccc34)C2)cc1. The van der Waals surface area contributed by atoms with Crippen molar-refractivity contribution in [1.29, 1.82) is 0 Å². The topological polar surface area (TPSA) is 46.2 Å². The van der Waals surface area contributed by atoms with Crippen molar-refractivity contribution >= 4 is 22.5 Å². The fourth-order valence-electron chi connectivity index (χ4n) is 5.11. The predicted octanol–water partition coefficient (Wildman–Crippen LogP) is 6.24. The minimum absolute atomic E-state index is 0.0419. The van der Waals surface area contributed by atoms with Gasteiger partial charge in [-0.25, -0.2) is 0 Å². The van der Waals surface area contributed by atoms with Gasteiger partial charge in [-0.3, -0.25) is 9.59 Å². The van der Waals surface area contributed by atoms with Crippen LogP contribution in [0.25, 0.3) is 10.8 Å². The van der Waals surface area contributed by atoms with Crippen LogP contribution in [0, 0.1) is 5.92 Å². The van der Waals surface area contributed by atoms with E-state index in [1.807, 2.05) is 12.1 Å². The molecule has 0 spiro atoms. The van der Waals surface area contributed by atoms with Gasteiger partial charge in [-0.05, 0) is 84.4 Å². The second-order valence-electron chi connectivity index (χ2n) is 9.09. The molecule has 31 heavy (non-hydrogen) atoms. The van der Waals surface area contributed by atoms with Crippen LogP contribution in [0.1, 0.15) is 72.9 Å². The first-order chi connectivity index (χ1) is 15.0. The van der Waals surface area contributed by atoms with Crippen LogP contribution in [-0.4, -0.2) is 18.2 Å². The number of carbonyl (C=O) groups is 2. The standard InChI is InChI=1S/C28H31NO2/c1-19(26-9-5-7-23-6-3-4-8-27(23)26)16-21-10-11-25(17-21)22-12-14-24(15-13-22)28(31)29-18-20(2)30/h3-9,12-15,19,21,25H,10-11,16-18H2,1-2H3,(H,29,31)/t19-,21+,25+/m0/s1. The van der Waals surface area contributed by atoms with Crippen LogP contribution < -0.4 is 5.32 Å². The van der Waals surface area contributed by atoms with Crippen molar-refractivity contribution in [2.45, 2.75) is 51.4 Å². The molecular formula is C28H31NO2. The van der Waals surface area contributed by atoms with Crippen LogP contribution in [-0.2, 0) is 4.79 Å². The van der Waals surface area contributed by atoms with Crippen molar-refractivity contribution in [2.24, 2.45) is 5.92 Å². The van der Waals surface area contributed by atoms with E-state index in [-0.39, 0.29) is 18.2 Å². The first-order valence-electron chi connectivity index (χ1n) is 11.4. The highest BCUT2D eigenvalue weighted by atomic mass is 16.2. The van der Waals surface area contributed by atoms with E-state index in [1.54, 1.807) is 0 Å². The Labute approximate surface area is 184 Å². The van der Waals surface area contributed by atoms with Crippen molar-refractivity contribution in [1.82, 2.24) is 5.32 Å². The Balaban J connectivity index is 1.37. The van der Waals surface area contributed by atoms with E-state index in [9.17, 15) is 9.59 Å². The van der Waals surface area contributed by atoms with Gasteiger partial charge in [-0.2, -0.15) is 0 Å². The normalized spacial score (nSPS) is 19.3. The van der Waals surface area contributed by atoms with Crippen LogP contribution in [0.2, 0.25) is 0 Å². The molecule has 0 aliphatic heterocycles. The molecule has 3 heteroatoms. The largest absolute Gasteiger partial charge is 0.345 e. The van der Waals surface area contributed by atoms with E-state index in [1.165, 1.54) is 54.5 Å². The molecule has 1 saturated carbocycles. The van der Waals surface area contributed by atoms with Crippen molar-refractivity contribution in [3.05, 3.63) is 83.4 Å². The first-order valence-corrected chi connectivity index (χ1v) is 11.4. The van der Waals surface area contributed by atoms with Gasteiger partial charge < -0.3 is 5.32 Å². The Morgan fingerprint density at radius 1 is 0.968 bits per heavy atom. The summed E-state index contributed by atoms with van der Waals surface area (Å²) < 4.78 is 0. The van der Waals surface area contributed by atoms with Gasteiger partial charge >= 0.3 is 0 Å². The smallest absolute Gasteiger partial charge is 0.251 e. The lowest BCUT2D eigenvalue weighted by Gasteiger charge is -2.19. The Kier molecular flexibility index (Phi) is 6.50. The summed E-state index contributed by atoms with van der Waals surface area (Å²) >= 11 is 0. The summed E-state index contributed by atoms with van der Waals surface area (Å²) in [5.74, 6) is 1.62. The van der Waals surface area contributed by atoms with E-state index in [0.29, 0.717) is 17.4 Å². The zero-order valence-corrected chi connectivity index (χ0v) is 18.4. The predicted molar refractivity (Wildman–Crippen MR) is 127 cm³/mol. The second kappa shape index (κ2) is 9.47. The van der Waals surface area contributed by atoms with Gasteiger partial charge in [0.1, 0.15) is 5.78 Å². The highest BCUT2D eigenvalue weighted by Crippen LogP contribution is 2.43. The maximum Gasteiger partial charge on any atom is 0.251 e. The zero-order valence-electron chi connectivity index (χ0n) is 18.4. The van der Waals surface area contributed by atoms with Gasteiger partial charge in [0.15, 0.2) is 0 Å². The van der Waals surface area contributed by atoms with Crippen LogP contribution in [0.15, 0.2) is 66.7 Å². The number of ketones is 1. The third kappa shape index (κ3) is 5.04. The Bertz CT molecular complexity index is 1060. The van der Waals surface area contributed by atoms with E-state index < -0.39 is 0 Å². The van der Waals surface area contributed by atoms with Gasteiger partial charge in [0.05, 0.1) is 6.54 Å². The molecule has 4 rings (SSSR count). The highest BCUT2D eigenvalue weighted by Gasteiger charge is 2.27. The maximum absolute atomic E-state index is 12.1. The van der Waals surface area contributed by atoms with Crippen LogP contribution in [0.3, 0.4) is 0 Å². The molecule has 1 aliphatic rings. The lowest BCUT2D eigenvalue weighted by molar-refractivity contribution is -0.116. The molecular weight excluding hydrogens is 382 g/mol. The lowest BCUT2D eigenvalue weighted by atomic mass is 9.86. The molecule has 0 unspecified atom stereocenters. The third-order valence-electron chi connectivity index (χ3n) is 6.72. The molecule has 3 atom stereocenters. The fourth-order valence-corrected chi connectivity index (χ4v) is 5.11. The molecule has 1 aliphatic carbocycles. The summed E-state index contributed by atoms with van der Waals surface area (Å²) in [6.07, 6.45) is 4.91. The molecule has 1 fully saturated rings.